The molecule has 0 bridgehead atoms. The Hall–Kier alpha value is -2.08. The van der Waals surface area contributed by atoms with Gasteiger partial charge in [-0.1, -0.05) is 13.8 Å². The van der Waals surface area contributed by atoms with Crippen LogP contribution in [0.2, 0.25) is 0 Å². The van der Waals surface area contributed by atoms with Crippen LogP contribution in [0.1, 0.15) is 36.6 Å². The molecule has 0 unspecified atom stereocenters. The highest BCUT2D eigenvalue weighted by Gasteiger charge is 2.13. The van der Waals surface area contributed by atoms with Crippen molar-refractivity contribution in [3.05, 3.63) is 50.1 Å². The molecule has 0 atom stereocenters. The highest BCUT2D eigenvalue weighted by atomic mass is 32.1. The highest BCUT2D eigenvalue weighted by molar-refractivity contribution is 7.71. The second-order valence-corrected chi connectivity index (χ2v) is 5.76. The lowest BCUT2D eigenvalue weighted by atomic mass is 9.98. The van der Waals surface area contributed by atoms with Crippen molar-refractivity contribution in [2.75, 3.05) is 14.2 Å². The number of aromatic amines is 2. The topological polar surface area (TPSA) is 67.1 Å². The fourth-order valence-corrected chi connectivity index (χ4v) is 2.68. The lowest BCUT2D eigenvalue weighted by Crippen LogP contribution is -2.19. The minimum Gasteiger partial charge on any atom is -0.497 e. The molecule has 1 aromatic heterocycles. The van der Waals surface area contributed by atoms with Crippen molar-refractivity contribution < 1.29 is 9.47 Å². The molecule has 2 aromatic rings. The van der Waals surface area contributed by atoms with E-state index >= 15 is 0 Å². The average molecular weight is 320 g/mol. The first kappa shape index (κ1) is 16.3. The van der Waals surface area contributed by atoms with Crippen LogP contribution in [0.3, 0.4) is 0 Å². The van der Waals surface area contributed by atoms with E-state index in [0.29, 0.717) is 22.7 Å². The smallest absolute Gasteiger partial charge is 0.255 e. The Balaban J connectivity index is 2.51. The zero-order chi connectivity index (χ0) is 16.3. The monoisotopic (exact) mass is 320 g/mol. The number of hydrogen-bond acceptors (Lipinski definition) is 4. The van der Waals surface area contributed by atoms with Crippen LogP contribution in [0, 0.1) is 4.77 Å². The number of benzene rings is 1. The molecule has 0 amide bonds. The van der Waals surface area contributed by atoms with E-state index in [2.05, 4.69) is 9.97 Å². The molecule has 1 heterocycles. The summed E-state index contributed by atoms with van der Waals surface area (Å²) in [7, 11) is 3.22. The zero-order valence-corrected chi connectivity index (χ0v) is 14.0. The van der Waals surface area contributed by atoms with Crippen molar-refractivity contribution in [2.45, 2.75) is 26.2 Å². The molecule has 0 saturated carbocycles. The summed E-state index contributed by atoms with van der Waals surface area (Å²) in [4.78, 5) is 17.9. The molecule has 22 heavy (non-hydrogen) atoms. The van der Waals surface area contributed by atoms with Crippen molar-refractivity contribution in [1.82, 2.24) is 9.97 Å². The lowest BCUT2D eigenvalue weighted by Gasteiger charge is -2.13. The van der Waals surface area contributed by atoms with Gasteiger partial charge in [-0.05, 0) is 35.8 Å². The number of methoxy groups -OCH3 is 2. The van der Waals surface area contributed by atoms with Gasteiger partial charge in [0.1, 0.15) is 11.5 Å². The quantitative estimate of drug-likeness (QED) is 0.831. The van der Waals surface area contributed by atoms with Crippen LogP contribution in [0.15, 0.2) is 23.0 Å². The Morgan fingerprint density at radius 1 is 1.09 bits per heavy atom. The third kappa shape index (κ3) is 3.57. The fourth-order valence-electron chi connectivity index (χ4n) is 2.47. The number of ether oxygens (including phenoxy) is 2. The van der Waals surface area contributed by atoms with Crippen molar-refractivity contribution in [3.8, 4) is 11.5 Å². The largest absolute Gasteiger partial charge is 0.497 e. The molecule has 6 heteroatoms. The molecule has 0 fully saturated rings. The Morgan fingerprint density at radius 2 is 1.68 bits per heavy atom. The van der Waals surface area contributed by atoms with Crippen LogP contribution in [-0.2, 0) is 6.42 Å². The molecular weight excluding hydrogens is 300 g/mol. The van der Waals surface area contributed by atoms with E-state index in [1.165, 1.54) is 0 Å². The van der Waals surface area contributed by atoms with E-state index in [1.54, 1.807) is 14.2 Å². The first-order valence-electron chi connectivity index (χ1n) is 7.02. The number of nitrogens with one attached hydrogen (secondary N) is 2. The van der Waals surface area contributed by atoms with Gasteiger partial charge >= 0.3 is 0 Å². The predicted octanol–water partition coefficient (Wildman–Crippen LogP) is 3.16. The number of H-pyrrole nitrogens is 2. The standard InChI is InChI=1S/C16H20N2O3S/c1-9(2)14-13(17-16(22)18-15(14)19)7-10-5-11(20-3)8-12(6-10)21-4/h5-6,8-9H,7H2,1-4H3,(H2,17,18,19,22). The molecule has 2 N–H and O–H groups in total. The fraction of sp³-hybridized carbons (Fsp3) is 0.375. The third-order valence-corrected chi connectivity index (χ3v) is 3.63. The van der Waals surface area contributed by atoms with Crippen molar-refractivity contribution in [1.29, 1.82) is 0 Å². The molecule has 0 radical (unpaired) electrons. The Kier molecular flexibility index (Phi) is 5.03. The van der Waals surface area contributed by atoms with Crippen LogP contribution in [0.25, 0.3) is 0 Å². The molecule has 5 nitrogen and oxygen atoms in total. The molecule has 0 saturated heterocycles. The van der Waals surface area contributed by atoms with Gasteiger partial charge in [-0.25, -0.2) is 0 Å². The summed E-state index contributed by atoms with van der Waals surface area (Å²) in [6.45, 7) is 3.97. The molecule has 2 rings (SSSR count). The minimum absolute atomic E-state index is 0.0955. The lowest BCUT2D eigenvalue weighted by molar-refractivity contribution is 0.393. The molecule has 0 aliphatic carbocycles. The summed E-state index contributed by atoms with van der Waals surface area (Å²) >= 11 is 5.09. The van der Waals surface area contributed by atoms with Crippen LogP contribution in [0.5, 0.6) is 11.5 Å². The van der Waals surface area contributed by atoms with Gasteiger partial charge in [0.15, 0.2) is 4.77 Å². The van der Waals surface area contributed by atoms with Gasteiger partial charge in [0.25, 0.3) is 5.56 Å². The van der Waals surface area contributed by atoms with Gasteiger partial charge in [-0.2, -0.15) is 0 Å². The van der Waals surface area contributed by atoms with Gasteiger partial charge in [0.05, 0.1) is 14.2 Å². The van der Waals surface area contributed by atoms with Crippen LogP contribution >= 0.6 is 12.2 Å². The van der Waals surface area contributed by atoms with E-state index in [9.17, 15) is 4.79 Å². The predicted molar refractivity (Wildman–Crippen MR) is 88.7 cm³/mol. The number of hydrogen-bond donors (Lipinski definition) is 2. The summed E-state index contributed by atoms with van der Waals surface area (Å²) in [5.41, 5.74) is 2.38. The van der Waals surface area contributed by atoms with Crippen LogP contribution in [-0.4, -0.2) is 24.2 Å². The maximum atomic E-state index is 12.1. The van der Waals surface area contributed by atoms with E-state index in [4.69, 9.17) is 21.7 Å². The summed E-state index contributed by atoms with van der Waals surface area (Å²) < 4.78 is 10.9. The van der Waals surface area contributed by atoms with Gasteiger partial charge in [0, 0.05) is 23.7 Å². The summed E-state index contributed by atoms with van der Waals surface area (Å²) in [5.74, 6) is 1.52. The highest BCUT2D eigenvalue weighted by Crippen LogP contribution is 2.25. The zero-order valence-electron chi connectivity index (χ0n) is 13.1. The second kappa shape index (κ2) is 6.79. The molecule has 118 valence electrons. The molecule has 0 aliphatic rings. The van der Waals surface area contributed by atoms with Gasteiger partial charge in [-0.3, -0.25) is 9.78 Å². The maximum Gasteiger partial charge on any atom is 0.255 e. The second-order valence-electron chi connectivity index (χ2n) is 5.35. The van der Waals surface area contributed by atoms with E-state index < -0.39 is 0 Å². The molecular formula is C16H20N2O3S. The first-order valence-corrected chi connectivity index (χ1v) is 7.42. The Bertz CT molecular complexity index is 755. The number of rotatable bonds is 5. The van der Waals surface area contributed by atoms with Crippen molar-refractivity contribution in [3.63, 3.8) is 0 Å². The normalized spacial score (nSPS) is 10.8. The van der Waals surface area contributed by atoms with Crippen LogP contribution in [0.4, 0.5) is 0 Å². The molecule has 1 aromatic carbocycles. The van der Waals surface area contributed by atoms with E-state index in [0.717, 1.165) is 16.8 Å². The van der Waals surface area contributed by atoms with Crippen LogP contribution < -0.4 is 15.0 Å². The summed E-state index contributed by atoms with van der Waals surface area (Å²) in [5, 5.41) is 0. The number of aromatic nitrogens is 2. The van der Waals surface area contributed by atoms with E-state index in [-0.39, 0.29) is 11.5 Å². The Labute approximate surface area is 134 Å². The minimum atomic E-state index is -0.136. The summed E-state index contributed by atoms with van der Waals surface area (Å²) in [6, 6.07) is 5.66. The first-order chi connectivity index (χ1) is 10.4. The van der Waals surface area contributed by atoms with Gasteiger partial charge in [-0.15, -0.1) is 0 Å². The van der Waals surface area contributed by atoms with Gasteiger partial charge in [0.2, 0.25) is 0 Å². The maximum absolute atomic E-state index is 12.1. The van der Waals surface area contributed by atoms with Crippen molar-refractivity contribution >= 4 is 12.2 Å². The van der Waals surface area contributed by atoms with Gasteiger partial charge < -0.3 is 14.5 Å². The van der Waals surface area contributed by atoms with Crippen molar-refractivity contribution in [2.24, 2.45) is 0 Å². The Morgan fingerprint density at radius 3 is 2.18 bits per heavy atom. The molecule has 0 aliphatic heterocycles. The third-order valence-electron chi connectivity index (χ3n) is 3.43. The SMILES string of the molecule is COc1cc(Cc2[nH]c(=S)[nH]c(=O)c2C(C)C)cc(OC)c1. The molecule has 0 spiro atoms. The van der Waals surface area contributed by atoms with E-state index in [1.807, 2.05) is 32.0 Å². The average Bonchev–Trinajstić information content (AvgIpc) is 2.45. The summed E-state index contributed by atoms with van der Waals surface area (Å²) in [6.07, 6.45) is 0.550.